The normalized spacial score (nSPS) is 17.3. The molecule has 28 heavy (non-hydrogen) atoms. The highest BCUT2D eigenvalue weighted by Gasteiger charge is 2.34. The van der Waals surface area contributed by atoms with Gasteiger partial charge in [-0.25, -0.2) is 4.79 Å². The predicted octanol–water partition coefficient (Wildman–Crippen LogP) is 0.578. The van der Waals surface area contributed by atoms with E-state index in [0.29, 0.717) is 17.9 Å². The molecule has 1 saturated heterocycles. The van der Waals surface area contributed by atoms with Gasteiger partial charge in [0.15, 0.2) is 0 Å². The molecule has 2 aliphatic heterocycles. The van der Waals surface area contributed by atoms with E-state index in [1.54, 1.807) is 6.92 Å². The summed E-state index contributed by atoms with van der Waals surface area (Å²) in [7, 11) is 0. The molecular formula is C17H20N2O9. The number of esters is 1. The van der Waals surface area contributed by atoms with E-state index in [9.17, 15) is 28.8 Å². The Hall–Kier alpha value is -3.24. The average molecular weight is 396 g/mol. The Bertz CT molecular complexity index is 681. The maximum atomic E-state index is 11.8. The third-order valence-corrected chi connectivity index (χ3v) is 3.91. The molecular weight excluding hydrogens is 376 g/mol. The molecule has 11 heteroatoms. The first-order valence-corrected chi connectivity index (χ1v) is 8.79. The van der Waals surface area contributed by atoms with Gasteiger partial charge in [-0.15, -0.1) is 0 Å². The first-order valence-electron chi connectivity index (χ1n) is 8.79. The summed E-state index contributed by atoms with van der Waals surface area (Å²) >= 11 is 0. The fourth-order valence-electron chi connectivity index (χ4n) is 2.45. The highest BCUT2D eigenvalue weighted by Crippen LogP contribution is 2.14. The molecule has 1 atom stereocenters. The van der Waals surface area contributed by atoms with Gasteiger partial charge in [-0.2, -0.15) is 0 Å². The number of imide groups is 2. The predicted molar refractivity (Wildman–Crippen MR) is 88.5 cm³/mol. The SMILES string of the molecule is CCC(OC(=O)CCCCN1C(=O)C=CC1=O)OC(=O)ON1C(=O)CCC1=O. The summed E-state index contributed by atoms with van der Waals surface area (Å²) in [5.41, 5.74) is 0. The number of hydrogen-bond acceptors (Lipinski definition) is 9. The Balaban J connectivity index is 1.67. The summed E-state index contributed by atoms with van der Waals surface area (Å²) in [5, 5.41) is 0.326. The van der Waals surface area contributed by atoms with Crippen molar-refractivity contribution < 1.29 is 43.1 Å². The largest absolute Gasteiger partial charge is 0.537 e. The van der Waals surface area contributed by atoms with Crippen LogP contribution < -0.4 is 0 Å². The van der Waals surface area contributed by atoms with Crippen molar-refractivity contribution >= 4 is 35.8 Å². The van der Waals surface area contributed by atoms with Crippen molar-refractivity contribution in [2.75, 3.05) is 6.54 Å². The first-order chi connectivity index (χ1) is 13.3. The van der Waals surface area contributed by atoms with E-state index in [-0.39, 0.29) is 44.0 Å². The fraction of sp³-hybridized carbons (Fsp3) is 0.529. The number of carbonyl (C=O) groups is 6. The molecule has 0 aliphatic carbocycles. The van der Waals surface area contributed by atoms with Crippen LogP contribution in [0, 0.1) is 0 Å². The van der Waals surface area contributed by atoms with Gasteiger partial charge in [-0.05, 0) is 12.8 Å². The maximum absolute atomic E-state index is 11.8. The number of rotatable bonds is 9. The molecule has 11 nitrogen and oxygen atoms in total. The lowest BCUT2D eigenvalue weighted by Crippen LogP contribution is -2.34. The number of carbonyl (C=O) groups excluding carboxylic acids is 6. The van der Waals surface area contributed by atoms with Gasteiger partial charge in [0.1, 0.15) is 0 Å². The van der Waals surface area contributed by atoms with Gasteiger partial charge in [0, 0.05) is 44.4 Å². The lowest BCUT2D eigenvalue weighted by atomic mass is 10.2. The summed E-state index contributed by atoms with van der Waals surface area (Å²) in [5.74, 6) is -2.74. The highest BCUT2D eigenvalue weighted by atomic mass is 16.9. The summed E-state index contributed by atoms with van der Waals surface area (Å²) in [6, 6.07) is 0. The lowest BCUT2D eigenvalue weighted by Gasteiger charge is -2.18. The molecule has 4 amide bonds. The molecule has 0 saturated carbocycles. The van der Waals surface area contributed by atoms with Crippen molar-refractivity contribution in [1.82, 2.24) is 9.96 Å². The lowest BCUT2D eigenvalue weighted by molar-refractivity contribution is -0.193. The number of hydroxylamine groups is 2. The van der Waals surface area contributed by atoms with Gasteiger partial charge in [0.25, 0.3) is 29.9 Å². The van der Waals surface area contributed by atoms with Crippen LogP contribution in [0.15, 0.2) is 12.2 Å². The molecule has 2 aliphatic rings. The minimum atomic E-state index is -1.33. The van der Waals surface area contributed by atoms with Crippen molar-refractivity contribution in [2.45, 2.75) is 51.7 Å². The van der Waals surface area contributed by atoms with Crippen LogP contribution in [0.3, 0.4) is 0 Å². The second-order valence-electron chi connectivity index (χ2n) is 5.99. The van der Waals surface area contributed by atoms with Crippen LogP contribution in [0.2, 0.25) is 0 Å². The second-order valence-corrected chi connectivity index (χ2v) is 5.99. The molecule has 2 rings (SSSR count). The zero-order valence-corrected chi connectivity index (χ0v) is 15.3. The van der Waals surface area contributed by atoms with Gasteiger partial charge in [-0.3, -0.25) is 33.7 Å². The third kappa shape index (κ3) is 5.63. The Morgan fingerprint density at radius 2 is 1.61 bits per heavy atom. The van der Waals surface area contributed by atoms with Gasteiger partial charge < -0.3 is 9.47 Å². The summed E-state index contributed by atoms with van der Waals surface area (Å²) in [6.07, 6.45) is 0.574. The number of ether oxygens (including phenoxy) is 2. The molecule has 0 N–H and O–H groups in total. The quantitative estimate of drug-likeness (QED) is 0.237. The average Bonchev–Trinajstić information content (AvgIpc) is 3.14. The van der Waals surface area contributed by atoms with Crippen LogP contribution in [0.4, 0.5) is 4.79 Å². The number of nitrogens with zero attached hydrogens (tertiary/aromatic N) is 2. The number of unbranched alkanes of at least 4 members (excludes halogenated alkanes) is 1. The van der Waals surface area contributed by atoms with Gasteiger partial charge in [0.05, 0.1) is 0 Å². The molecule has 0 aromatic rings. The van der Waals surface area contributed by atoms with E-state index in [1.807, 2.05) is 0 Å². The standard InChI is InChI=1S/C17H20N2O9/c1-2-16(27-17(25)28-19-13(22)8-9-14(19)23)26-15(24)5-3-4-10-18-11(20)6-7-12(18)21/h6-7,16H,2-5,8-10H2,1H3. The first kappa shape index (κ1) is 21.1. The molecule has 0 aromatic carbocycles. The van der Waals surface area contributed by atoms with Crippen LogP contribution in [0.1, 0.15) is 45.4 Å². The molecule has 152 valence electrons. The van der Waals surface area contributed by atoms with Crippen molar-refractivity contribution in [2.24, 2.45) is 0 Å². The third-order valence-electron chi connectivity index (χ3n) is 3.91. The van der Waals surface area contributed by atoms with E-state index < -0.39 is 30.2 Å². The fourth-order valence-corrected chi connectivity index (χ4v) is 2.45. The van der Waals surface area contributed by atoms with Crippen LogP contribution in [-0.4, -0.2) is 58.6 Å². The van der Waals surface area contributed by atoms with E-state index in [2.05, 4.69) is 4.84 Å². The van der Waals surface area contributed by atoms with E-state index in [1.165, 1.54) is 12.2 Å². The van der Waals surface area contributed by atoms with E-state index >= 15 is 0 Å². The zero-order chi connectivity index (χ0) is 20.7. The molecule has 0 aromatic heterocycles. The van der Waals surface area contributed by atoms with Crippen LogP contribution in [0.25, 0.3) is 0 Å². The molecule has 0 spiro atoms. The minimum absolute atomic E-state index is 0.0122. The molecule has 1 unspecified atom stereocenters. The van der Waals surface area contributed by atoms with Crippen molar-refractivity contribution in [3.63, 3.8) is 0 Å². The van der Waals surface area contributed by atoms with Crippen molar-refractivity contribution in [3.8, 4) is 0 Å². The van der Waals surface area contributed by atoms with Crippen LogP contribution in [-0.2, 0) is 38.3 Å². The molecule has 1 fully saturated rings. The van der Waals surface area contributed by atoms with Crippen molar-refractivity contribution in [1.29, 1.82) is 0 Å². The second kappa shape index (κ2) is 9.62. The Morgan fingerprint density at radius 1 is 1.00 bits per heavy atom. The van der Waals surface area contributed by atoms with Crippen molar-refractivity contribution in [3.05, 3.63) is 12.2 Å². The summed E-state index contributed by atoms with van der Waals surface area (Å²) < 4.78 is 9.78. The van der Waals surface area contributed by atoms with E-state index in [0.717, 1.165) is 4.90 Å². The van der Waals surface area contributed by atoms with Gasteiger partial charge in [0.2, 0.25) is 0 Å². The smallest absolute Gasteiger partial charge is 0.425 e. The van der Waals surface area contributed by atoms with Crippen LogP contribution >= 0.6 is 0 Å². The monoisotopic (exact) mass is 396 g/mol. The number of hydrogen-bond donors (Lipinski definition) is 0. The summed E-state index contributed by atoms with van der Waals surface area (Å²) in [4.78, 5) is 74.6. The Labute approximate surface area is 160 Å². The highest BCUT2D eigenvalue weighted by molar-refractivity contribution is 6.12. The Kier molecular flexibility index (Phi) is 7.24. The van der Waals surface area contributed by atoms with Gasteiger partial charge >= 0.3 is 12.1 Å². The van der Waals surface area contributed by atoms with Gasteiger partial charge in [-0.1, -0.05) is 12.0 Å². The molecule has 0 bridgehead atoms. The summed E-state index contributed by atoms with van der Waals surface area (Å²) in [6.45, 7) is 1.78. The maximum Gasteiger partial charge on any atom is 0.537 e. The minimum Gasteiger partial charge on any atom is -0.425 e. The number of amides is 4. The Morgan fingerprint density at radius 3 is 2.18 bits per heavy atom. The molecule has 0 radical (unpaired) electrons. The zero-order valence-electron chi connectivity index (χ0n) is 15.3. The topological polar surface area (TPSA) is 137 Å². The van der Waals surface area contributed by atoms with E-state index in [4.69, 9.17) is 9.47 Å². The molecule has 2 heterocycles. The van der Waals surface area contributed by atoms with Crippen LogP contribution in [0.5, 0.6) is 0 Å².